The Morgan fingerprint density at radius 1 is 0.962 bits per heavy atom. The van der Waals surface area contributed by atoms with Gasteiger partial charge in [-0.1, -0.05) is 35.5 Å². The Hall–Kier alpha value is -3.38. The van der Waals surface area contributed by atoms with Crippen LogP contribution in [0.25, 0.3) is 0 Å². The molecule has 0 aliphatic carbocycles. The van der Waals surface area contributed by atoms with Crippen LogP contribution >= 0.6 is 0 Å². The Kier molecular flexibility index (Phi) is 5.80. The largest absolute Gasteiger partial charge is 0.411 e. The van der Waals surface area contributed by atoms with Crippen molar-refractivity contribution in [2.75, 3.05) is 0 Å². The van der Waals surface area contributed by atoms with Crippen LogP contribution in [0.5, 0.6) is 0 Å². The number of carbonyl (C=O) groups excluding carboxylic acids is 1. The molecular formula is C20H19N3O3+2. The van der Waals surface area contributed by atoms with Gasteiger partial charge in [-0.2, -0.15) is 9.13 Å². The number of ketones is 1. The Labute approximate surface area is 151 Å². The summed E-state index contributed by atoms with van der Waals surface area (Å²) in [5.74, 6) is -0.0289. The lowest BCUT2D eigenvalue weighted by atomic mass is 10.1. The first-order chi connectivity index (χ1) is 12.8. The van der Waals surface area contributed by atoms with Gasteiger partial charge in [-0.05, 0) is 12.1 Å². The quantitative estimate of drug-likeness (QED) is 0.233. The van der Waals surface area contributed by atoms with E-state index in [0.717, 1.165) is 0 Å². The zero-order valence-electron chi connectivity index (χ0n) is 14.1. The molecule has 3 rings (SSSR count). The summed E-state index contributed by atoms with van der Waals surface area (Å²) in [6, 6.07) is 18.3. The first kappa shape index (κ1) is 17.4. The molecule has 1 N–H and O–H groups in total. The predicted octanol–water partition coefficient (Wildman–Crippen LogP) is 1.93. The molecule has 0 saturated heterocycles. The molecular weight excluding hydrogens is 330 g/mol. The average molecular weight is 349 g/mol. The maximum Gasteiger partial charge on any atom is 0.258 e. The van der Waals surface area contributed by atoms with Crippen molar-refractivity contribution < 1.29 is 23.9 Å². The van der Waals surface area contributed by atoms with Crippen LogP contribution in [0.3, 0.4) is 0 Å². The number of rotatable bonds is 7. The molecule has 0 aliphatic heterocycles. The average Bonchev–Trinajstić information content (AvgIpc) is 2.70. The summed E-state index contributed by atoms with van der Waals surface area (Å²) in [7, 11) is 0. The second-order valence-corrected chi connectivity index (χ2v) is 5.60. The van der Waals surface area contributed by atoms with E-state index in [0.29, 0.717) is 16.8 Å². The lowest BCUT2D eigenvalue weighted by Gasteiger charge is -2.02. The number of oxime groups is 1. The van der Waals surface area contributed by atoms with Gasteiger partial charge in [-0.15, -0.1) is 0 Å². The van der Waals surface area contributed by atoms with E-state index in [1.54, 1.807) is 33.5 Å². The van der Waals surface area contributed by atoms with E-state index >= 15 is 0 Å². The molecule has 3 aromatic rings. The van der Waals surface area contributed by atoms with Crippen LogP contribution in [0.4, 0.5) is 0 Å². The van der Waals surface area contributed by atoms with E-state index in [2.05, 4.69) is 5.16 Å². The van der Waals surface area contributed by atoms with E-state index in [1.165, 1.54) is 6.21 Å². The molecule has 1 aromatic carbocycles. The van der Waals surface area contributed by atoms with E-state index in [9.17, 15) is 4.79 Å². The molecule has 6 heteroatoms. The third-order valence-corrected chi connectivity index (χ3v) is 3.79. The number of nitrogens with zero attached hydrogens (tertiary/aromatic N) is 3. The zero-order chi connectivity index (χ0) is 18.2. The number of aromatic nitrogens is 2. The van der Waals surface area contributed by atoms with Crippen LogP contribution in [0.15, 0.2) is 84.4 Å². The predicted molar refractivity (Wildman–Crippen MR) is 93.6 cm³/mol. The van der Waals surface area contributed by atoms with Gasteiger partial charge in [0.15, 0.2) is 24.4 Å². The van der Waals surface area contributed by atoms with Gasteiger partial charge in [0.25, 0.3) is 13.5 Å². The van der Waals surface area contributed by atoms with Crippen molar-refractivity contribution in [2.45, 2.75) is 13.5 Å². The van der Waals surface area contributed by atoms with Crippen LogP contribution in [-0.4, -0.2) is 17.2 Å². The van der Waals surface area contributed by atoms with Crippen molar-refractivity contribution in [2.24, 2.45) is 5.16 Å². The first-order valence-corrected chi connectivity index (χ1v) is 8.10. The Bertz CT molecular complexity index is 911. The fourth-order valence-electron chi connectivity index (χ4n) is 2.52. The van der Waals surface area contributed by atoms with Crippen LogP contribution in [-0.2, 0) is 18.2 Å². The highest BCUT2D eigenvalue weighted by molar-refractivity contribution is 6.08. The van der Waals surface area contributed by atoms with Gasteiger partial charge in [0.05, 0.1) is 5.56 Å². The van der Waals surface area contributed by atoms with Crippen molar-refractivity contribution in [3.05, 3.63) is 96.1 Å². The molecule has 0 amide bonds. The zero-order valence-corrected chi connectivity index (χ0v) is 14.1. The highest BCUT2D eigenvalue weighted by Crippen LogP contribution is 2.07. The minimum Gasteiger partial charge on any atom is -0.411 e. The minimum atomic E-state index is -0.0289. The molecule has 0 atom stereocenters. The molecule has 0 saturated carbocycles. The molecule has 0 radical (unpaired) electrons. The number of hydrogen-bond acceptors (Lipinski definition) is 4. The summed E-state index contributed by atoms with van der Waals surface area (Å²) in [5.41, 5.74) is 1.97. The van der Waals surface area contributed by atoms with Crippen LogP contribution in [0.1, 0.15) is 21.6 Å². The highest BCUT2D eigenvalue weighted by Gasteiger charge is 2.14. The smallest absolute Gasteiger partial charge is 0.258 e. The second kappa shape index (κ2) is 8.64. The number of carbonyl (C=O) groups is 1. The molecule has 0 bridgehead atoms. The number of hydrogen-bond donors (Lipinski definition) is 1. The summed E-state index contributed by atoms with van der Waals surface area (Å²) in [6.07, 6.45) is 6.78. The molecule has 0 unspecified atom stereocenters. The lowest BCUT2D eigenvalue weighted by molar-refractivity contribution is -0.788. The Balaban J connectivity index is 1.66. The van der Waals surface area contributed by atoms with E-state index in [4.69, 9.17) is 9.94 Å². The van der Waals surface area contributed by atoms with Crippen molar-refractivity contribution >= 4 is 12.0 Å². The van der Waals surface area contributed by atoms with Gasteiger partial charge < -0.3 is 5.21 Å². The molecule has 2 heterocycles. The summed E-state index contributed by atoms with van der Waals surface area (Å²) in [5, 5.41) is 11.8. The molecule has 0 aliphatic rings. The molecule has 2 aromatic heterocycles. The summed E-state index contributed by atoms with van der Waals surface area (Å²) in [4.78, 5) is 12.5. The second-order valence-electron chi connectivity index (χ2n) is 5.60. The number of pyridine rings is 2. The van der Waals surface area contributed by atoms with E-state index in [-0.39, 0.29) is 19.2 Å². The van der Waals surface area contributed by atoms with E-state index < -0.39 is 0 Å². The van der Waals surface area contributed by atoms with Gasteiger partial charge in [0, 0.05) is 23.8 Å². The third-order valence-electron chi connectivity index (χ3n) is 3.79. The SMILES string of the molecule is O=C(c1ccccc1)c1ccc[n+](COC[n+]2ccccc2C=NO)c1. The van der Waals surface area contributed by atoms with Gasteiger partial charge in [0.2, 0.25) is 5.69 Å². The van der Waals surface area contributed by atoms with Gasteiger partial charge >= 0.3 is 0 Å². The number of ether oxygens (including phenoxy) is 1. The normalized spacial score (nSPS) is 10.9. The Morgan fingerprint density at radius 2 is 1.73 bits per heavy atom. The lowest BCUT2D eigenvalue weighted by Crippen LogP contribution is -2.43. The van der Waals surface area contributed by atoms with Crippen LogP contribution in [0, 0.1) is 0 Å². The monoisotopic (exact) mass is 349 g/mol. The maximum atomic E-state index is 12.5. The fourth-order valence-corrected chi connectivity index (χ4v) is 2.52. The van der Waals surface area contributed by atoms with Gasteiger partial charge in [-0.25, -0.2) is 0 Å². The molecule has 0 fully saturated rings. The van der Waals surface area contributed by atoms with Crippen LogP contribution in [0.2, 0.25) is 0 Å². The van der Waals surface area contributed by atoms with Crippen molar-refractivity contribution in [3.8, 4) is 0 Å². The third kappa shape index (κ3) is 4.37. The standard InChI is InChI=1S/C20H18N3O3/c24-20(17-7-2-1-3-8-17)18-9-6-11-22(14-18)15-26-16-23-12-5-4-10-19(23)13-21-25/h1-14H,15-16H2/q+1/p+1. The van der Waals surface area contributed by atoms with Crippen molar-refractivity contribution in [1.82, 2.24) is 0 Å². The van der Waals surface area contributed by atoms with Crippen LogP contribution < -0.4 is 9.13 Å². The summed E-state index contributed by atoms with van der Waals surface area (Å²) >= 11 is 0. The van der Waals surface area contributed by atoms with Gasteiger partial charge in [-0.3, -0.25) is 9.53 Å². The minimum absolute atomic E-state index is 0.0289. The highest BCUT2D eigenvalue weighted by atomic mass is 16.5. The van der Waals surface area contributed by atoms with Gasteiger partial charge in [0.1, 0.15) is 6.21 Å². The molecule has 0 spiro atoms. The topological polar surface area (TPSA) is 66.7 Å². The van der Waals surface area contributed by atoms with E-state index in [1.807, 2.05) is 54.9 Å². The van der Waals surface area contributed by atoms with Crippen molar-refractivity contribution in [1.29, 1.82) is 0 Å². The molecule has 130 valence electrons. The Morgan fingerprint density at radius 3 is 2.54 bits per heavy atom. The fraction of sp³-hybridized carbons (Fsp3) is 0.100. The maximum absolute atomic E-state index is 12.5. The summed E-state index contributed by atoms with van der Waals surface area (Å²) in [6.45, 7) is 0.569. The first-order valence-electron chi connectivity index (χ1n) is 8.10. The summed E-state index contributed by atoms with van der Waals surface area (Å²) < 4.78 is 9.31. The number of benzene rings is 1. The molecule has 6 nitrogen and oxygen atoms in total. The molecule has 26 heavy (non-hydrogen) atoms. The van der Waals surface area contributed by atoms with Crippen molar-refractivity contribution in [3.63, 3.8) is 0 Å².